The number of carbonyl (C=O) groups is 4. The molecule has 3 aliphatic rings. The van der Waals surface area contributed by atoms with Crippen LogP contribution >= 0.6 is 23.2 Å². The number of pyridine rings is 1. The smallest absolute Gasteiger partial charge is 0.490 e. The number of piperazine rings is 1. The van der Waals surface area contributed by atoms with Crippen LogP contribution in [0.4, 0.5) is 14.4 Å². The average molecular weight is 1160 g/mol. The number of hydrogen-bond acceptors (Lipinski definition) is 24. The summed E-state index contributed by atoms with van der Waals surface area (Å²) in [6.07, 6.45) is 2.97. The molecule has 6 N–H and O–H groups in total. The second kappa shape index (κ2) is 32.0. The topological polar surface area (TPSA) is 314 Å². The van der Waals surface area contributed by atoms with Gasteiger partial charge in [0.05, 0.1) is 83.9 Å². The Morgan fingerprint density at radius 1 is 0.646 bits per heavy atom. The van der Waals surface area contributed by atoms with Gasteiger partial charge in [-0.25, -0.2) is 19.4 Å². The molecule has 0 radical (unpaired) electrons. The van der Waals surface area contributed by atoms with E-state index in [1.54, 1.807) is 53.3 Å². The van der Waals surface area contributed by atoms with Gasteiger partial charge in [-0.05, 0) is 125 Å². The maximum absolute atomic E-state index is 15.8. The van der Waals surface area contributed by atoms with E-state index in [0.29, 0.717) is 78.5 Å². The van der Waals surface area contributed by atoms with Crippen molar-refractivity contribution in [3.05, 3.63) is 81.0 Å². The zero-order chi connectivity index (χ0) is 56.8. The summed E-state index contributed by atoms with van der Waals surface area (Å²) in [6, 6.07) is 10.9. The number of fused-ring (bicyclic) bond motifs is 2. The first-order valence-electron chi connectivity index (χ1n) is 25.8. The molecular formula is C50H69Cl2N7O20. The predicted molar refractivity (Wildman–Crippen MR) is 270 cm³/mol. The molecule has 4 unspecified atom stereocenters. The fourth-order valence-corrected chi connectivity index (χ4v) is 9.96. The fraction of sp³-hybridized carbons (Fsp3) is 0.580. The highest BCUT2D eigenvalue weighted by Gasteiger charge is 2.55. The first-order valence-corrected chi connectivity index (χ1v) is 26.5. The molecule has 3 amide bonds. The standard InChI is InChI=1S/C50H69Cl2N7O20/c1-33-27-41(51)45(42(52)28-33)71-24-23-70-39-13-9-35(10-14-39)40-29-38-31-54(48(61)73-17-3-6-20-77-57(64)65)32-43(56(38)49(62)74-18-4-7-21-78-58(66)67)44(40)47(60)55(37-11-12-37)30-36-15-16-53-46(34(36)2)72-25-26-76-50(63)75-19-5-8-22-79-59(68)69/h9-10,13-16,27-28,37-38,40,43-44,64-69H,3-8,11-12,17-26,29-32H2,1-2H3. The summed E-state index contributed by atoms with van der Waals surface area (Å²) < 4.78 is 39.5. The number of ether oxygens (including phenoxy) is 7. The molecule has 2 aliphatic heterocycles. The third kappa shape index (κ3) is 19.8. The number of aryl methyl sites for hydroxylation is 1. The SMILES string of the molecule is Cc1cc(Cl)c(OCCOc2ccc(C3CC4CN(C(=O)OCCCCON(O)O)CC(C3C(=O)N(Cc3ccnc(OCCOC(=O)OCCCCON(O)O)c3C)C3CC3)N4C(=O)OCCCCON(O)O)cc2)c(Cl)c1. The van der Waals surface area contributed by atoms with Gasteiger partial charge in [-0.3, -0.25) is 55.5 Å². The third-order valence-electron chi connectivity index (χ3n) is 13.1. The van der Waals surface area contributed by atoms with Crippen LogP contribution in [0, 0.1) is 19.8 Å². The summed E-state index contributed by atoms with van der Waals surface area (Å²) in [5, 5.41) is 52.3. The van der Waals surface area contributed by atoms with Crippen LogP contribution in [0.25, 0.3) is 0 Å². The number of amides is 3. The van der Waals surface area contributed by atoms with Crippen LogP contribution in [0.2, 0.25) is 10.0 Å². The number of nitrogens with zero attached hydrogens (tertiary/aromatic N) is 7. The Balaban J connectivity index is 1.22. The Morgan fingerprint density at radius 3 is 1.78 bits per heavy atom. The number of benzene rings is 2. The molecule has 3 heterocycles. The zero-order valence-corrected chi connectivity index (χ0v) is 45.4. The van der Waals surface area contributed by atoms with E-state index >= 15 is 4.79 Å². The Bertz CT molecular complexity index is 2390. The van der Waals surface area contributed by atoms with Crippen molar-refractivity contribution in [1.82, 2.24) is 35.9 Å². The summed E-state index contributed by atoms with van der Waals surface area (Å²) >= 11 is 12.8. The minimum atomic E-state index is -0.940. The second-order valence-electron chi connectivity index (χ2n) is 18.7. The van der Waals surface area contributed by atoms with E-state index in [4.69, 9.17) is 87.6 Å². The van der Waals surface area contributed by atoms with Crippen molar-refractivity contribution < 1.29 is 98.1 Å². The number of halogens is 2. The molecular weight excluding hydrogens is 1090 g/mol. The van der Waals surface area contributed by atoms with Crippen molar-refractivity contribution in [2.24, 2.45) is 5.92 Å². The maximum atomic E-state index is 15.8. The summed E-state index contributed by atoms with van der Waals surface area (Å²) in [4.78, 5) is 79.1. The van der Waals surface area contributed by atoms with E-state index in [9.17, 15) is 14.4 Å². The number of rotatable bonds is 32. The van der Waals surface area contributed by atoms with E-state index in [1.165, 1.54) is 4.90 Å². The van der Waals surface area contributed by atoms with Crippen molar-refractivity contribution in [2.75, 3.05) is 79.2 Å². The van der Waals surface area contributed by atoms with Crippen molar-refractivity contribution in [3.63, 3.8) is 0 Å². The van der Waals surface area contributed by atoms with Gasteiger partial charge in [0.1, 0.15) is 32.2 Å². The first-order chi connectivity index (χ1) is 38.0. The summed E-state index contributed by atoms with van der Waals surface area (Å²) in [6.45, 7) is 3.63. The van der Waals surface area contributed by atoms with Crippen molar-refractivity contribution in [1.29, 1.82) is 0 Å². The van der Waals surface area contributed by atoms with E-state index in [0.717, 1.165) is 16.7 Å². The van der Waals surface area contributed by atoms with Crippen molar-refractivity contribution in [2.45, 2.75) is 102 Å². The Labute approximate surface area is 465 Å². The number of unbranched alkanes of at least 4 members (excludes halogenated alkanes) is 3. The molecule has 438 valence electrons. The van der Waals surface area contributed by atoms with Gasteiger partial charge in [0.25, 0.3) is 0 Å². The molecule has 2 saturated heterocycles. The molecule has 0 spiro atoms. The molecule has 3 fully saturated rings. The van der Waals surface area contributed by atoms with Gasteiger partial charge in [-0.1, -0.05) is 35.3 Å². The van der Waals surface area contributed by atoms with Gasteiger partial charge >= 0.3 is 18.3 Å². The molecule has 2 bridgehead atoms. The minimum absolute atomic E-state index is 0.00359. The second-order valence-corrected chi connectivity index (χ2v) is 19.5. The third-order valence-corrected chi connectivity index (χ3v) is 13.7. The fourth-order valence-electron chi connectivity index (χ4n) is 9.25. The minimum Gasteiger partial charge on any atom is -0.490 e. The lowest BCUT2D eigenvalue weighted by Crippen LogP contribution is -2.69. The van der Waals surface area contributed by atoms with Crippen LogP contribution in [0.15, 0.2) is 48.7 Å². The molecule has 1 aromatic heterocycles. The van der Waals surface area contributed by atoms with Crippen molar-refractivity contribution >= 4 is 47.5 Å². The van der Waals surface area contributed by atoms with Crippen LogP contribution in [0.5, 0.6) is 17.4 Å². The van der Waals surface area contributed by atoms with E-state index in [1.807, 2.05) is 19.1 Å². The highest BCUT2D eigenvalue weighted by molar-refractivity contribution is 6.37. The lowest BCUT2D eigenvalue weighted by molar-refractivity contribution is -0.492. The van der Waals surface area contributed by atoms with Crippen LogP contribution in [0.1, 0.15) is 86.0 Å². The lowest BCUT2D eigenvalue weighted by atomic mass is 9.70. The van der Waals surface area contributed by atoms with Gasteiger partial charge < -0.3 is 43.0 Å². The van der Waals surface area contributed by atoms with Gasteiger partial charge in [0, 0.05) is 37.4 Å². The molecule has 1 aliphatic carbocycles. The Hall–Kier alpha value is -5.63. The monoisotopic (exact) mass is 1160 g/mol. The van der Waals surface area contributed by atoms with Crippen LogP contribution in [-0.4, -0.2) is 189 Å². The first kappa shape index (κ1) is 62.6. The van der Waals surface area contributed by atoms with Crippen molar-refractivity contribution in [3.8, 4) is 17.4 Å². The van der Waals surface area contributed by atoms with Crippen LogP contribution in [0.3, 0.4) is 0 Å². The Morgan fingerprint density at radius 2 is 1.19 bits per heavy atom. The van der Waals surface area contributed by atoms with Gasteiger partial charge in [0.15, 0.2) is 5.75 Å². The average Bonchev–Trinajstić information content (AvgIpc) is 4.29. The highest BCUT2D eigenvalue weighted by atomic mass is 35.5. The molecule has 6 rings (SSSR count). The number of hydrogen-bond donors (Lipinski definition) is 6. The summed E-state index contributed by atoms with van der Waals surface area (Å²) in [7, 11) is 0. The molecule has 2 aromatic carbocycles. The van der Waals surface area contributed by atoms with E-state index in [2.05, 4.69) is 19.5 Å². The molecule has 4 atom stereocenters. The largest absolute Gasteiger partial charge is 0.508 e. The number of carbonyl (C=O) groups excluding carboxylic acids is 4. The van der Waals surface area contributed by atoms with Gasteiger partial charge in [-0.2, -0.15) is 0 Å². The highest BCUT2D eigenvalue weighted by Crippen LogP contribution is 2.46. The van der Waals surface area contributed by atoms with Crippen LogP contribution in [-0.2, 0) is 44.8 Å². The normalized spacial score (nSPS) is 17.9. The zero-order valence-electron chi connectivity index (χ0n) is 43.8. The summed E-state index contributed by atoms with van der Waals surface area (Å²) in [5.41, 5.74) is 3.03. The molecule has 3 aromatic rings. The van der Waals surface area contributed by atoms with E-state index in [-0.39, 0.29) is 110 Å². The van der Waals surface area contributed by atoms with Gasteiger partial charge in [0.2, 0.25) is 11.8 Å². The number of likely N-dealkylation sites (tertiary alicyclic amines) is 1. The number of piperidine rings is 1. The molecule has 29 heteroatoms. The maximum Gasteiger partial charge on any atom is 0.508 e. The molecule has 79 heavy (non-hydrogen) atoms. The van der Waals surface area contributed by atoms with Gasteiger partial charge in [-0.15, -0.1) is 0 Å². The molecule has 27 nitrogen and oxygen atoms in total. The van der Waals surface area contributed by atoms with Crippen LogP contribution < -0.4 is 14.2 Å². The summed E-state index contributed by atoms with van der Waals surface area (Å²) in [5.74, 6) is -0.577. The lowest BCUT2D eigenvalue weighted by Gasteiger charge is -2.54. The quantitative estimate of drug-likeness (QED) is 0.0155. The predicted octanol–water partition coefficient (Wildman–Crippen LogP) is 7.29. The Kier molecular flexibility index (Phi) is 25.3. The van der Waals surface area contributed by atoms with E-state index < -0.39 is 58.4 Å². The number of aromatic nitrogens is 1. The molecule has 1 saturated carbocycles.